The molecule has 0 bridgehead atoms. The van der Waals surface area contributed by atoms with Crippen molar-refractivity contribution in [3.8, 4) is 17.1 Å². The second-order valence-electron chi connectivity index (χ2n) is 5.64. The van der Waals surface area contributed by atoms with Crippen LogP contribution in [0.25, 0.3) is 11.4 Å². The smallest absolute Gasteiger partial charge is 0.240 e. The topological polar surface area (TPSA) is 119 Å². The molecule has 0 saturated carbocycles. The van der Waals surface area contributed by atoms with Gasteiger partial charge in [-0.25, -0.2) is 13.1 Å². The van der Waals surface area contributed by atoms with Crippen LogP contribution in [-0.2, 0) is 16.6 Å². The lowest BCUT2D eigenvalue weighted by Gasteiger charge is -2.05. The Morgan fingerprint density at radius 3 is 2.44 bits per heavy atom. The minimum absolute atomic E-state index is 0.0364. The predicted molar refractivity (Wildman–Crippen MR) is 97.6 cm³/mol. The molecule has 0 amide bonds. The number of hydrogen-bond acceptors (Lipinski definition) is 7. The Morgan fingerprint density at radius 1 is 1.11 bits per heavy atom. The van der Waals surface area contributed by atoms with Gasteiger partial charge in [-0.3, -0.25) is 0 Å². The summed E-state index contributed by atoms with van der Waals surface area (Å²) in [5.41, 5.74) is 1.65. The zero-order chi connectivity index (χ0) is 19.3. The zero-order valence-electron chi connectivity index (χ0n) is 14.6. The highest BCUT2D eigenvalue weighted by Gasteiger charge is 2.14. The van der Waals surface area contributed by atoms with Gasteiger partial charge in [-0.1, -0.05) is 12.1 Å². The molecule has 0 unspecified atom stereocenters. The second-order valence-corrected chi connectivity index (χ2v) is 7.40. The third kappa shape index (κ3) is 4.67. The summed E-state index contributed by atoms with van der Waals surface area (Å²) in [7, 11) is -2.03. The van der Waals surface area contributed by atoms with E-state index in [9.17, 15) is 8.42 Å². The van der Waals surface area contributed by atoms with Gasteiger partial charge in [-0.15, -0.1) is 10.2 Å². The molecule has 9 nitrogen and oxygen atoms in total. The van der Waals surface area contributed by atoms with Crippen molar-refractivity contribution in [3.05, 3.63) is 54.1 Å². The van der Waals surface area contributed by atoms with Crippen molar-refractivity contribution >= 4 is 10.0 Å². The number of nitrogens with zero attached hydrogens (tertiary/aromatic N) is 4. The first-order chi connectivity index (χ1) is 13.0. The Hall–Kier alpha value is -2.82. The molecule has 0 aliphatic rings. The van der Waals surface area contributed by atoms with E-state index >= 15 is 0 Å². The Kier molecular flexibility index (Phi) is 5.79. The molecule has 0 atom stereocenters. The summed E-state index contributed by atoms with van der Waals surface area (Å²) in [6.07, 6.45) is 0. The molecule has 1 aromatic heterocycles. The fourth-order valence-electron chi connectivity index (χ4n) is 2.37. The average molecular weight is 389 g/mol. The van der Waals surface area contributed by atoms with Crippen LogP contribution in [0.3, 0.4) is 0 Å². The van der Waals surface area contributed by atoms with Crippen LogP contribution in [-0.4, -0.2) is 54.0 Å². The van der Waals surface area contributed by atoms with Crippen molar-refractivity contribution in [1.82, 2.24) is 24.9 Å². The average Bonchev–Trinajstić information content (AvgIpc) is 3.15. The molecular formula is C17H19N5O4S. The SMILES string of the molecule is COc1ccc(Cn2nnc(-c3ccc(S(=O)(=O)NCCO)cc3)n2)cc1. The normalized spacial score (nSPS) is 11.5. The highest BCUT2D eigenvalue weighted by molar-refractivity contribution is 7.89. The van der Waals surface area contributed by atoms with Crippen molar-refractivity contribution in [2.75, 3.05) is 20.3 Å². The van der Waals surface area contributed by atoms with E-state index in [2.05, 4.69) is 20.1 Å². The molecule has 142 valence electrons. The molecule has 3 rings (SSSR count). The first-order valence-electron chi connectivity index (χ1n) is 8.13. The number of aliphatic hydroxyl groups excluding tert-OH is 1. The van der Waals surface area contributed by atoms with Crippen molar-refractivity contribution in [2.45, 2.75) is 11.4 Å². The van der Waals surface area contributed by atoms with Gasteiger partial charge in [0.05, 0.1) is 25.2 Å². The van der Waals surface area contributed by atoms with E-state index in [-0.39, 0.29) is 18.0 Å². The number of ether oxygens (including phenoxy) is 1. The van der Waals surface area contributed by atoms with E-state index in [0.29, 0.717) is 17.9 Å². The monoisotopic (exact) mass is 389 g/mol. The Labute approximate surface area is 156 Å². The van der Waals surface area contributed by atoms with Gasteiger partial charge >= 0.3 is 0 Å². The number of sulfonamides is 1. The number of aliphatic hydroxyl groups is 1. The fraction of sp³-hybridized carbons (Fsp3) is 0.235. The van der Waals surface area contributed by atoms with Crippen molar-refractivity contribution in [2.24, 2.45) is 0 Å². The van der Waals surface area contributed by atoms with Crippen LogP contribution in [0, 0.1) is 0 Å². The van der Waals surface area contributed by atoms with Gasteiger partial charge in [-0.05, 0) is 47.2 Å². The molecule has 0 aliphatic heterocycles. The van der Waals surface area contributed by atoms with Gasteiger partial charge in [0.15, 0.2) is 0 Å². The first-order valence-corrected chi connectivity index (χ1v) is 9.62. The molecule has 27 heavy (non-hydrogen) atoms. The van der Waals surface area contributed by atoms with Gasteiger partial charge in [0.25, 0.3) is 0 Å². The number of methoxy groups -OCH3 is 1. The summed E-state index contributed by atoms with van der Waals surface area (Å²) >= 11 is 0. The van der Waals surface area contributed by atoms with Crippen molar-refractivity contribution in [1.29, 1.82) is 0 Å². The maximum Gasteiger partial charge on any atom is 0.240 e. The number of rotatable bonds is 8. The molecule has 0 aliphatic carbocycles. The van der Waals surface area contributed by atoms with E-state index in [1.165, 1.54) is 16.9 Å². The van der Waals surface area contributed by atoms with Crippen LogP contribution in [0.15, 0.2) is 53.4 Å². The highest BCUT2D eigenvalue weighted by atomic mass is 32.2. The zero-order valence-corrected chi connectivity index (χ0v) is 15.4. The minimum atomic E-state index is -3.64. The molecule has 0 radical (unpaired) electrons. The van der Waals surface area contributed by atoms with Crippen LogP contribution in [0.4, 0.5) is 0 Å². The maximum absolute atomic E-state index is 12.0. The van der Waals surface area contributed by atoms with Crippen LogP contribution in [0.2, 0.25) is 0 Å². The largest absolute Gasteiger partial charge is 0.497 e. The van der Waals surface area contributed by atoms with Crippen LogP contribution in [0.1, 0.15) is 5.56 Å². The molecule has 2 aromatic carbocycles. The Balaban J connectivity index is 1.72. The van der Waals surface area contributed by atoms with E-state index in [0.717, 1.165) is 11.3 Å². The molecular weight excluding hydrogens is 370 g/mol. The Morgan fingerprint density at radius 2 is 1.81 bits per heavy atom. The number of hydrogen-bond donors (Lipinski definition) is 2. The van der Waals surface area contributed by atoms with E-state index < -0.39 is 10.0 Å². The van der Waals surface area contributed by atoms with E-state index in [1.807, 2.05) is 24.3 Å². The predicted octanol–water partition coefficient (Wildman–Crippen LogP) is 0.668. The summed E-state index contributed by atoms with van der Waals surface area (Å²) in [5.74, 6) is 1.17. The van der Waals surface area contributed by atoms with Gasteiger partial charge in [0.1, 0.15) is 5.75 Å². The lowest BCUT2D eigenvalue weighted by Crippen LogP contribution is -2.26. The van der Waals surface area contributed by atoms with Crippen molar-refractivity contribution in [3.63, 3.8) is 0 Å². The number of tetrazole rings is 1. The Bertz CT molecular complexity index is 985. The third-order valence-corrected chi connectivity index (χ3v) is 5.24. The molecule has 1 heterocycles. The lowest BCUT2D eigenvalue weighted by molar-refractivity contribution is 0.301. The van der Waals surface area contributed by atoms with Crippen molar-refractivity contribution < 1.29 is 18.3 Å². The molecule has 10 heteroatoms. The summed E-state index contributed by atoms with van der Waals surface area (Å²) in [6.45, 7) is 0.151. The van der Waals surface area contributed by atoms with E-state index in [4.69, 9.17) is 9.84 Å². The maximum atomic E-state index is 12.0. The summed E-state index contributed by atoms with van der Waals surface area (Å²) in [6, 6.07) is 13.7. The quantitative estimate of drug-likeness (QED) is 0.581. The number of aromatic nitrogens is 4. The first kappa shape index (κ1) is 19.0. The third-order valence-electron chi connectivity index (χ3n) is 3.76. The molecule has 2 N–H and O–H groups in total. The van der Waals surface area contributed by atoms with E-state index in [1.54, 1.807) is 19.2 Å². The fourth-order valence-corrected chi connectivity index (χ4v) is 3.39. The van der Waals surface area contributed by atoms with Crippen LogP contribution >= 0.6 is 0 Å². The standard InChI is InChI=1S/C17H19N5O4S/c1-26-15-6-2-13(3-7-15)12-22-20-17(19-21-22)14-4-8-16(9-5-14)27(24,25)18-10-11-23/h2-9,18,23H,10-12H2,1H3. The molecule has 3 aromatic rings. The van der Waals surface area contributed by atoms with Gasteiger partial charge in [0, 0.05) is 12.1 Å². The lowest BCUT2D eigenvalue weighted by atomic mass is 10.2. The van der Waals surface area contributed by atoms with Gasteiger partial charge in [-0.2, -0.15) is 4.80 Å². The minimum Gasteiger partial charge on any atom is -0.497 e. The highest BCUT2D eigenvalue weighted by Crippen LogP contribution is 2.18. The molecule has 0 saturated heterocycles. The van der Waals surface area contributed by atoms with Gasteiger partial charge < -0.3 is 9.84 Å². The summed E-state index contributed by atoms with van der Waals surface area (Å²) < 4.78 is 31.4. The van der Waals surface area contributed by atoms with Gasteiger partial charge in [0.2, 0.25) is 15.8 Å². The van der Waals surface area contributed by atoms with Crippen LogP contribution < -0.4 is 9.46 Å². The number of benzene rings is 2. The number of nitrogens with one attached hydrogen (secondary N) is 1. The molecule has 0 fully saturated rings. The second kappa shape index (κ2) is 8.25. The summed E-state index contributed by atoms with van der Waals surface area (Å²) in [4.78, 5) is 1.57. The summed E-state index contributed by atoms with van der Waals surface area (Å²) in [5, 5.41) is 21.1. The van der Waals surface area contributed by atoms with Crippen LogP contribution in [0.5, 0.6) is 5.75 Å². The molecule has 0 spiro atoms.